The van der Waals surface area contributed by atoms with Crippen molar-refractivity contribution in [2.75, 3.05) is 25.5 Å². The summed E-state index contributed by atoms with van der Waals surface area (Å²) in [5.74, 6) is 0.563. The standard InChI is InChI=1S/C27H32N4O3/c1-18(2)25-22(17-28-31(25)21-11-9-19(3)10-12-21)27(33)30-15-13-20(14-16-30)26(32)29-23-7-5-6-8-24(23)34-4/h5-12,17-18,20H,13-16H2,1-4H3,(H,29,32). The number of piperidine rings is 1. The highest BCUT2D eigenvalue weighted by Crippen LogP contribution is 2.28. The fourth-order valence-corrected chi connectivity index (χ4v) is 4.47. The smallest absolute Gasteiger partial charge is 0.257 e. The molecule has 34 heavy (non-hydrogen) atoms. The fourth-order valence-electron chi connectivity index (χ4n) is 4.47. The van der Waals surface area contributed by atoms with Crippen molar-refractivity contribution in [1.29, 1.82) is 0 Å². The van der Waals surface area contributed by atoms with Crippen LogP contribution in [0.5, 0.6) is 5.75 Å². The molecule has 1 saturated heterocycles. The fraction of sp³-hybridized carbons (Fsp3) is 0.370. The second-order valence-corrected chi connectivity index (χ2v) is 9.10. The number of nitrogens with zero attached hydrogens (tertiary/aromatic N) is 3. The number of aryl methyl sites for hydroxylation is 1. The molecule has 0 spiro atoms. The molecule has 0 atom stereocenters. The van der Waals surface area contributed by atoms with Crippen molar-refractivity contribution in [1.82, 2.24) is 14.7 Å². The van der Waals surface area contributed by atoms with E-state index in [2.05, 4.69) is 24.3 Å². The normalized spacial score (nSPS) is 14.3. The van der Waals surface area contributed by atoms with Gasteiger partial charge < -0.3 is 15.0 Å². The lowest BCUT2D eigenvalue weighted by Gasteiger charge is -2.31. The molecular formula is C27H32N4O3. The number of methoxy groups -OCH3 is 1. The van der Waals surface area contributed by atoms with E-state index in [9.17, 15) is 9.59 Å². The average molecular weight is 461 g/mol. The van der Waals surface area contributed by atoms with Crippen molar-refractivity contribution in [3.8, 4) is 11.4 Å². The molecule has 2 heterocycles. The van der Waals surface area contributed by atoms with Gasteiger partial charge in [-0.15, -0.1) is 0 Å². The molecule has 3 aromatic rings. The number of aromatic nitrogens is 2. The molecule has 2 amide bonds. The Balaban J connectivity index is 1.44. The van der Waals surface area contributed by atoms with E-state index in [0.717, 1.165) is 11.4 Å². The summed E-state index contributed by atoms with van der Waals surface area (Å²) < 4.78 is 7.19. The molecule has 1 fully saturated rings. The Labute approximate surface area is 200 Å². The van der Waals surface area contributed by atoms with Crippen molar-refractivity contribution in [3.63, 3.8) is 0 Å². The number of carbonyl (C=O) groups excluding carboxylic acids is 2. The van der Waals surface area contributed by atoms with Gasteiger partial charge in [0.05, 0.1) is 35.9 Å². The lowest BCUT2D eigenvalue weighted by atomic mass is 9.95. The SMILES string of the molecule is COc1ccccc1NC(=O)C1CCN(C(=O)c2cnn(-c3ccc(C)cc3)c2C(C)C)CC1. The maximum absolute atomic E-state index is 13.4. The van der Waals surface area contributed by atoms with Crippen LogP contribution in [-0.2, 0) is 4.79 Å². The number of nitrogens with one attached hydrogen (secondary N) is 1. The maximum atomic E-state index is 13.4. The number of likely N-dealkylation sites (tertiary alicyclic amines) is 1. The third-order valence-electron chi connectivity index (χ3n) is 6.38. The van der Waals surface area contributed by atoms with Crippen LogP contribution in [0.1, 0.15) is 54.2 Å². The lowest BCUT2D eigenvalue weighted by Crippen LogP contribution is -2.41. The van der Waals surface area contributed by atoms with Crippen LogP contribution in [0.3, 0.4) is 0 Å². The first-order chi connectivity index (χ1) is 16.4. The van der Waals surface area contributed by atoms with Gasteiger partial charge in [0.15, 0.2) is 0 Å². The number of hydrogen-bond donors (Lipinski definition) is 1. The summed E-state index contributed by atoms with van der Waals surface area (Å²) in [6.45, 7) is 7.28. The first kappa shape index (κ1) is 23.5. The topological polar surface area (TPSA) is 76.5 Å². The van der Waals surface area contributed by atoms with E-state index in [-0.39, 0.29) is 23.7 Å². The van der Waals surface area contributed by atoms with E-state index in [1.165, 1.54) is 5.56 Å². The van der Waals surface area contributed by atoms with Crippen LogP contribution in [0, 0.1) is 12.8 Å². The summed E-state index contributed by atoms with van der Waals surface area (Å²) in [5.41, 5.74) is 4.33. The second kappa shape index (κ2) is 10.1. The predicted molar refractivity (Wildman–Crippen MR) is 133 cm³/mol. The van der Waals surface area contributed by atoms with Crippen LogP contribution in [0.15, 0.2) is 54.7 Å². The van der Waals surface area contributed by atoms with Gasteiger partial charge >= 0.3 is 0 Å². The Morgan fingerprint density at radius 2 is 1.74 bits per heavy atom. The van der Waals surface area contributed by atoms with Crippen LogP contribution >= 0.6 is 0 Å². The summed E-state index contributed by atoms with van der Waals surface area (Å²) in [7, 11) is 1.58. The van der Waals surface area contributed by atoms with E-state index in [0.29, 0.717) is 42.9 Å². The van der Waals surface area contributed by atoms with Crippen LogP contribution in [-0.4, -0.2) is 46.7 Å². The lowest BCUT2D eigenvalue weighted by molar-refractivity contribution is -0.121. The Morgan fingerprint density at radius 1 is 1.06 bits per heavy atom. The number of ether oxygens (including phenoxy) is 1. The van der Waals surface area contributed by atoms with Crippen molar-refractivity contribution >= 4 is 17.5 Å². The number of carbonyl (C=O) groups is 2. The summed E-state index contributed by atoms with van der Waals surface area (Å²) in [4.78, 5) is 28.1. The molecule has 7 nitrogen and oxygen atoms in total. The van der Waals surface area contributed by atoms with Gasteiger partial charge in [-0.1, -0.05) is 43.7 Å². The van der Waals surface area contributed by atoms with Gasteiger partial charge in [0.1, 0.15) is 5.75 Å². The zero-order valence-electron chi connectivity index (χ0n) is 20.2. The molecular weight excluding hydrogens is 428 g/mol. The number of rotatable bonds is 6. The van der Waals surface area contributed by atoms with E-state index in [1.807, 2.05) is 65.0 Å². The molecule has 0 aliphatic carbocycles. The molecule has 7 heteroatoms. The molecule has 1 N–H and O–H groups in total. The Morgan fingerprint density at radius 3 is 2.38 bits per heavy atom. The molecule has 4 rings (SSSR count). The predicted octanol–water partition coefficient (Wildman–Crippen LogP) is 4.80. The average Bonchev–Trinajstić information content (AvgIpc) is 3.30. The highest BCUT2D eigenvalue weighted by atomic mass is 16.5. The van der Waals surface area contributed by atoms with E-state index >= 15 is 0 Å². The van der Waals surface area contributed by atoms with Crippen molar-refractivity contribution < 1.29 is 14.3 Å². The van der Waals surface area contributed by atoms with Crippen LogP contribution < -0.4 is 10.1 Å². The Hall–Kier alpha value is -3.61. The molecule has 1 aliphatic rings. The molecule has 1 aromatic heterocycles. The minimum Gasteiger partial charge on any atom is -0.495 e. The summed E-state index contributed by atoms with van der Waals surface area (Å²) in [5, 5.41) is 7.53. The molecule has 0 unspecified atom stereocenters. The highest BCUT2D eigenvalue weighted by molar-refractivity contribution is 5.96. The summed E-state index contributed by atoms with van der Waals surface area (Å²) in [6, 6.07) is 15.5. The third kappa shape index (κ3) is 4.83. The highest BCUT2D eigenvalue weighted by Gasteiger charge is 2.31. The zero-order valence-corrected chi connectivity index (χ0v) is 20.2. The van der Waals surface area contributed by atoms with Gasteiger partial charge in [-0.25, -0.2) is 4.68 Å². The summed E-state index contributed by atoms with van der Waals surface area (Å²) in [6.07, 6.45) is 2.92. The van der Waals surface area contributed by atoms with Crippen LogP contribution in [0.2, 0.25) is 0 Å². The molecule has 0 saturated carbocycles. The van der Waals surface area contributed by atoms with Crippen molar-refractivity contribution in [2.24, 2.45) is 5.92 Å². The quantitative estimate of drug-likeness (QED) is 0.573. The van der Waals surface area contributed by atoms with Gasteiger partial charge in [-0.3, -0.25) is 9.59 Å². The van der Waals surface area contributed by atoms with Gasteiger partial charge in [0, 0.05) is 19.0 Å². The number of hydrogen-bond acceptors (Lipinski definition) is 4. The van der Waals surface area contributed by atoms with Crippen LogP contribution in [0.25, 0.3) is 5.69 Å². The minimum atomic E-state index is -0.145. The monoisotopic (exact) mass is 460 g/mol. The van der Waals surface area contributed by atoms with Gasteiger partial charge in [0.25, 0.3) is 5.91 Å². The maximum Gasteiger partial charge on any atom is 0.257 e. The third-order valence-corrected chi connectivity index (χ3v) is 6.38. The number of para-hydroxylation sites is 2. The van der Waals surface area contributed by atoms with Crippen LogP contribution in [0.4, 0.5) is 5.69 Å². The van der Waals surface area contributed by atoms with Crippen molar-refractivity contribution in [2.45, 2.75) is 39.5 Å². The summed E-state index contributed by atoms with van der Waals surface area (Å²) >= 11 is 0. The molecule has 178 valence electrons. The number of benzene rings is 2. The molecule has 0 bridgehead atoms. The number of amides is 2. The van der Waals surface area contributed by atoms with E-state index in [4.69, 9.17) is 4.74 Å². The van der Waals surface area contributed by atoms with E-state index < -0.39 is 0 Å². The van der Waals surface area contributed by atoms with Gasteiger partial charge in [0.2, 0.25) is 5.91 Å². The second-order valence-electron chi connectivity index (χ2n) is 9.10. The minimum absolute atomic E-state index is 0.0225. The zero-order chi connectivity index (χ0) is 24.2. The Kier molecular flexibility index (Phi) is 7.01. The molecule has 1 aliphatic heterocycles. The first-order valence-electron chi connectivity index (χ1n) is 11.8. The molecule has 2 aromatic carbocycles. The van der Waals surface area contributed by atoms with Gasteiger partial charge in [-0.05, 0) is 49.9 Å². The van der Waals surface area contributed by atoms with Crippen molar-refractivity contribution in [3.05, 3.63) is 71.5 Å². The Bertz CT molecular complexity index is 1160. The number of anilines is 1. The first-order valence-corrected chi connectivity index (χ1v) is 11.8. The molecule has 0 radical (unpaired) electrons. The largest absolute Gasteiger partial charge is 0.495 e. The van der Waals surface area contributed by atoms with Gasteiger partial charge in [-0.2, -0.15) is 5.10 Å². The van der Waals surface area contributed by atoms with E-state index in [1.54, 1.807) is 13.3 Å².